The molecule has 0 unspecified atom stereocenters. The van der Waals surface area contributed by atoms with E-state index in [1.165, 1.54) is 18.2 Å². The lowest BCUT2D eigenvalue weighted by molar-refractivity contribution is -0.122. The van der Waals surface area contributed by atoms with Gasteiger partial charge in [0, 0.05) is 49.7 Å². The Bertz CT molecular complexity index is 1550. The van der Waals surface area contributed by atoms with Gasteiger partial charge in [-0.25, -0.2) is 9.37 Å². The lowest BCUT2D eigenvalue weighted by Crippen LogP contribution is -2.37. The third kappa shape index (κ3) is 9.28. The Kier molecular flexibility index (Phi) is 12.3. The monoisotopic (exact) mass is 657 g/mol. The molecule has 14 heteroatoms. The number of nitrogens with zero attached hydrogens (tertiary/aromatic N) is 4. The third-order valence-corrected chi connectivity index (χ3v) is 7.73. The van der Waals surface area contributed by atoms with E-state index in [-0.39, 0.29) is 23.4 Å². The summed E-state index contributed by atoms with van der Waals surface area (Å²) < 4.78 is 19.9. The minimum absolute atomic E-state index is 0.0964. The number of rotatable bonds is 11. The molecule has 0 aliphatic carbocycles. The van der Waals surface area contributed by atoms with Crippen molar-refractivity contribution in [3.8, 4) is 5.75 Å². The van der Waals surface area contributed by atoms with Gasteiger partial charge in [-0.3, -0.25) is 9.59 Å². The average molecular weight is 658 g/mol. The maximum atomic E-state index is 14.2. The number of carbonyl (C=O) groups excluding carboxylic acids is 1. The van der Waals surface area contributed by atoms with Gasteiger partial charge in [-0.2, -0.15) is 4.98 Å². The first-order valence-electron chi connectivity index (χ1n) is 14.4. The summed E-state index contributed by atoms with van der Waals surface area (Å²) in [6.45, 7) is 10.5. The molecule has 1 aliphatic heterocycles. The van der Waals surface area contributed by atoms with Gasteiger partial charge in [-0.05, 0) is 63.6 Å². The van der Waals surface area contributed by atoms with Gasteiger partial charge in [-0.15, -0.1) is 0 Å². The highest BCUT2D eigenvalue weighted by Crippen LogP contribution is 2.39. The van der Waals surface area contributed by atoms with Crippen molar-refractivity contribution in [2.75, 3.05) is 55.1 Å². The summed E-state index contributed by atoms with van der Waals surface area (Å²) in [6.07, 6.45) is 3.85. The molecule has 4 rings (SSSR count). The standard InChI is InChI=1S/C31H39ClFN7O3.CH2O2/c1-8-29(41)36-24-14-25(27(43-7)15-26(24)40(6)17-19-11-18(2)16-39(19)5)37-30-34-10-9-28(38-30)35-23-13-21(32)22(33)12-20(23)31(3,4)42;2-1-3/h8-10,12-15,18-19,42H,1,11,16-17H2,2-7H3,(H,36,41)(H2,34,35,37,38);1H,(H,2,3)/t18-,19+;/m0./s1. The van der Waals surface area contributed by atoms with Crippen LogP contribution in [0.5, 0.6) is 5.75 Å². The Hall–Kier alpha value is -4.46. The Labute approximate surface area is 273 Å². The van der Waals surface area contributed by atoms with Crippen LogP contribution in [0, 0.1) is 11.7 Å². The van der Waals surface area contributed by atoms with E-state index in [0.29, 0.717) is 46.2 Å². The number of aliphatic hydroxyl groups is 1. The van der Waals surface area contributed by atoms with E-state index in [1.807, 2.05) is 13.1 Å². The predicted molar refractivity (Wildman–Crippen MR) is 179 cm³/mol. The summed E-state index contributed by atoms with van der Waals surface area (Å²) in [5, 5.41) is 26.6. The zero-order valence-corrected chi connectivity index (χ0v) is 27.5. The number of ether oxygens (including phenoxy) is 1. The van der Waals surface area contributed by atoms with E-state index in [4.69, 9.17) is 26.2 Å². The third-order valence-electron chi connectivity index (χ3n) is 7.44. The summed E-state index contributed by atoms with van der Waals surface area (Å²) in [7, 11) is 5.69. The average Bonchev–Trinajstić information content (AvgIpc) is 3.30. The summed E-state index contributed by atoms with van der Waals surface area (Å²) >= 11 is 6.03. The number of amides is 1. The van der Waals surface area contributed by atoms with Crippen LogP contribution in [0.4, 0.5) is 38.9 Å². The molecule has 0 spiro atoms. The molecular formula is C32H41ClFN7O5. The maximum absolute atomic E-state index is 14.2. The highest BCUT2D eigenvalue weighted by atomic mass is 35.5. The molecule has 3 aromatic rings. The van der Waals surface area contributed by atoms with Crippen molar-refractivity contribution >= 4 is 58.5 Å². The molecule has 2 heterocycles. The molecule has 2 aromatic carbocycles. The number of anilines is 6. The van der Waals surface area contributed by atoms with Crippen molar-refractivity contribution in [2.24, 2.45) is 5.92 Å². The molecule has 0 bridgehead atoms. The Morgan fingerprint density at radius 1 is 1.26 bits per heavy atom. The van der Waals surface area contributed by atoms with E-state index in [0.717, 1.165) is 25.2 Å². The number of hydrogen-bond donors (Lipinski definition) is 5. The number of carboxylic acid groups (broad SMARTS) is 1. The van der Waals surface area contributed by atoms with Gasteiger partial charge in [-0.1, -0.05) is 25.1 Å². The quantitative estimate of drug-likeness (QED) is 0.130. The fourth-order valence-electron chi connectivity index (χ4n) is 5.33. The number of carbonyl (C=O) groups is 2. The van der Waals surface area contributed by atoms with Gasteiger partial charge in [0.2, 0.25) is 11.9 Å². The van der Waals surface area contributed by atoms with E-state index < -0.39 is 11.4 Å². The minimum Gasteiger partial charge on any atom is -0.494 e. The molecule has 1 fully saturated rings. The van der Waals surface area contributed by atoms with Crippen molar-refractivity contribution in [3.63, 3.8) is 0 Å². The van der Waals surface area contributed by atoms with Crippen LogP contribution >= 0.6 is 11.6 Å². The smallest absolute Gasteiger partial charge is 0.290 e. The van der Waals surface area contributed by atoms with Crippen LogP contribution in [0.3, 0.4) is 0 Å². The van der Waals surface area contributed by atoms with Gasteiger partial charge in [0.15, 0.2) is 0 Å². The number of hydrogen-bond acceptors (Lipinski definition) is 10. The number of likely N-dealkylation sites (N-methyl/N-ethyl adjacent to an activating group) is 2. The van der Waals surface area contributed by atoms with E-state index >= 15 is 0 Å². The van der Waals surface area contributed by atoms with Crippen LogP contribution < -0.4 is 25.6 Å². The van der Waals surface area contributed by atoms with Gasteiger partial charge >= 0.3 is 0 Å². The molecule has 2 atom stereocenters. The van der Waals surface area contributed by atoms with E-state index in [1.54, 1.807) is 39.3 Å². The maximum Gasteiger partial charge on any atom is 0.290 e. The van der Waals surface area contributed by atoms with Crippen molar-refractivity contribution in [1.29, 1.82) is 0 Å². The molecule has 12 nitrogen and oxygen atoms in total. The number of likely N-dealkylation sites (tertiary alicyclic amines) is 1. The molecule has 248 valence electrons. The number of methoxy groups -OCH3 is 1. The van der Waals surface area contributed by atoms with Crippen molar-refractivity contribution in [2.45, 2.75) is 38.8 Å². The van der Waals surface area contributed by atoms with E-state index in [2.05, 4.69) is 56.3 Å². The van der Waals surface area contributed by atoms with Crippen LogP contribution in [-0.2, 0) is 15.2 Å². The SMILES string of the molecule is C=CC(=O)Nc1cc(Nc2nccc(Nc3cc(Cl)c(F)cc3C(C)(C)O)n2)c(OC)cc1N(C)C[C@H]1C[C@H](C)CN1C.O=CO. The molecule has 1 aliphatic rings. The molecular weight excluding hydrogens is 617 g/mol. The molecule has 1 aromatic heterocycles. The Morgan fingerprint density at radius 2 is 1.96 bits per heavy atom. The first-order valence-corrected chi connectivity index (χ1v) is 14.8. The second-order valence-corrected chi connectivity index (χ2v) is 12.0. The van der Waals surface area contributed by atoms with E-state index in [9.17, 15) is 14.3 Å². The minimum atomic E-state index is -1.35. The molecule has 1 saturated heterocycles. The first kappa shape index (κ1) is 36.0. The summed E-state index contributed by atoms with van der Waals surface area (Å²) in [6, 6.07) is 8.22. The van der Waals surface area contributed by atoms with Crippen LogP contribution in [0.1, 0.15) is 32.8 Å². The van der Waals surface area contributed by atoms with Gasteiger partial charge in [0.05, 0.1) is 34.8 Å². The van der Waals surface area contributed by atoms with Crippen LogP contribution in [0.15, 0.2) is 49.2 Å². The first-order chi connectivity index (χ1) is 21.7. The molecule has 5 N–H and O–H groups in total. The van der Waals surface area contributed by atoms with Gasteiger partial charge < -0.3 is 40.7 Å². The van der Waals surface area contributed by atoms with Crippen molar-refractivity contribution in [1.82, 2.24) is 14.9 Å². The summed E-state index contributed by atoms with van der Waals surface area (Å²) in [4.78, 5) is 34.1. The van der Waals surface area contributed by atoms with Crippen LogP contribution in [0.25, 0.3) is 0 Å². The fraction of sp³-hybridized carbons (Fsp3) is 0.375. The normalized spacial score (nSPS) is 16.1. The zero-order valence-electron chi connectivity index (χ0n) is 26.8. The lowest BCUT2D eigenvalue weighted by Gasteiger charge is -2.29. The van der Waals surface area contributed by atoms with Gasteiger partial charge in [0.1, 0.15) is 17.4 Å². The lowest BCUT2D eigenvalue weighted by atomic mass is 9.96. The number of nitrogens with one attached hydrogen (secondary N) is 3. The topological polar surface area (TPSA) is 152 Å². The largest absolute Gasteiger partial charge is 0.494 e. The molecule has 1 amide bonds. The second-order valence-electron chi connectivity index (χ2n) is 11.6. The Balaban J connectivity index is 0.00000185. The molecule has 46 heavy (non-hydrogen) atoms. The molecule has 0 saturated carbocycles. The highest BCUT2D eigenvalue weighted by molar-refractivity contribution is 6.31. The fourth-order valence-corrected chi connectivity index (χ4v) is 5.49. The predicted octanol–water partition coefficient (Wildman–Crippen LogP) is 5.59. The summed E-state index contributed by atoms with van der Waals surface area (Å²) in [5.41, 5.74) is 1.23. The zero-order chi connectivity index (χ0) is 34.2. The van der Waals surface area contributed by atoms with Crippen molar-refractivity contribution in [3.05, 3.63) is 65.6 Å². The second kappa shape index (κ2) is 15.7. The van der Waals surface area contributed by atoms with Crippen LogP contribution in [0.2, 0.25) is 5.02 Å². The number of aromatic nitrogens is 2. The van der Waals surface area contributed by atoms with Gasteiger partial charge in [0.25, 0.3) is 6.47 Å². The highest BCUT2D eigenvalue weighted by Gasteiger charge is 2.28. The van der Waals surface area contributed by atoms with Crippen LogP contribution in [-0.4, -0.2) is 77.8 Å². The number of benzene rings is 2. The number of halogens is 2. The van der Waals surface area contributed by atoms with Crippen molar-refractivity contribution < 1.29 is 28.9 Å². The summed E-state index contributed by atoms with van der Waals surface area (Å²) in [5.74, 6) is 0.751. The molecule has 0 radical (unpaired) electrons. The Morgan fingerprint density at radius 3 is 2.54 bits per heavy atom.